The van der Waals surface area contributed by atoms with E-state index in [1.807, 2.05) is 0 Å². The minimum absolute atomic E-state index is 0.333. The van der Waals surface area contributed by atoms with Gasteiger partial charge in [-0.1, -0.05) is 12.1 Å². The number of aromatic nitrogens is 2. The number of hydrogen-bond donors (Lipinski definition) is 1. The summed E-state index contributed by atoms with van der Waals surface area (Å²) in [7, 11) is 0. The lowest BCUT2D eigenvalue weighted by atomic mass is 10.00. The van der Waals surface area contributed by atoms with Crippen molar-refractivity contribution in [3.05, 3.63) is 29.2 Å². The maximum absolute atomic E-state index is 5.84. The second-order valence-corrected chi connectivity index (χ2v) is 6.29. The van der Waals surface area contributed by atoms with Crippen LogP contribution in [-0.4, -0.2) is 29.8 Å². The van der Waals surface area contributed by atoms with Crippen LogP contribution in [0.4, 0.5) is 0 Å². The summed E-state index contributed by atoms with van der Waals surface area (Å²) in [5.41, 5.74) is 3.21. The third-order valence-corrected chi connectivity index (χ3v) is 4.26. The maximum Gasteiger partial charge on any atom is 0.231 e. The summed E-state index contributed by atoms with van der Waals surface area (Å²) in [6.07, 6.45) is 3.27. The molecule has 3 rings (SSSR count). The molecule has 1 aliphatic heterocycles. The molecule has 5 heteroatoms. The molecule has 0 saturated carbocycles. The SMILES string of the molecule is CCCOc1c(C)cc(-c2noc([C@@H]3CCCNC3)n2)cc1C. The highest BCUT2D eigenvalue weighted by atomic mass is 16.5. The predicted octanol–water partition coefficient (Wildman–Crippen LogP) is 3.61. The standard InChI is InChI=1S/C18H25N3O2/c1-4-8-22-16-12(2)9-15(10-13(16)3)17-20-18(23-21-17)14-6-5-7-19-11-14/h9-10,14,19H,4-8,11H2,1-3H3/t14-/m1/s1. The zero-order valence-corrected chi connectivity index (χ0v) is 14.2. The van der Waals surface area contributed by atoms with Gasteiger partial charge in [0.1, 0.15) is 5.75 Å². The molecule has 2 heterocycles. The molecule has 0 unspecified atom stereocenters. The first-order chi connectivity index (χ1) is 11.2. The van der Waals surface area contributed by atoms with Crippen LogP contribution < -0.4 is 10.1 Å². The molecule has 1 saturated heterocycles. The fourth-order valence-electron chi connectivity index (χ4n) is 3.09. The predicted molar refractivity (Wildman–Crippen MR) is 89.8 cm³/mol. The van der Waals surface area contributed by atoms with E-state index in [2.05, 4.69) is 48.4 Å². The van der Waals surface area contributed by atoms with Gasteiger partial charge in [-0.15, -0.1) is 0 Å². The Morgan fingerprint density at radius 3 is 2.74 bits per heavy atom. The van der Waals surface area contributed by atoms with E-state index in [4.69, 9.17) is 9.26 Å². The van der Waals surface area contributed by atoms with E-state index in [0.29, 0.717) is 11.7 Å². The van der Waals surface area contributed by atoms with Gasteiger partial charge >= 0.3 is 0 Å². The Balaban J connectivity index is 1.83. The fraction of sp³-hybridized carbons (Fsp3) is 0.556. The molecule has 0 aliphatic carbocycles. The molecule has 1 N–H and O–H groups in total. The molecule has 0 amide bonds. The Morgan fingerprint density at radius 1 is 1.30 bits per heavy atom. The summed E-state index contributed by atoms with van der Waals surface area (Å²) in [4.78, 5) is 4.62. The molecule has 0 radical (unpaired) electrons. The minimum atomic E-state index is 0.333. The fourth-order valence-corrected chi connectivity index (χ4v) is 3.09. The highest BCUT2D eigenvalue weighted by molar-refractivity contribution is 5.61. The number of rotatable bonds is 5. The Bertz CT molecular complexity index is 637. The van der Waals surface area contributed by atoms with Gasteiger partial charge in [-0.25, -0.2) is 0 Å². The zero-order valence-electron chi connectivity index (χ0n) is 14.2. The van der Waals surface area contributed by atoms with Crippen molar-refractivity contribution >= 4 is 0 Å². The lowest BCUT2D eigenvalue weighted by molar-refractivity contribution is 0.313. The van der Waals surface area contributed by atoms with Crippen LogP contribution >= 0.6 is 0 Å². The van der Waals surface area contributed by atoms with Crippen molar-refractivity contribution in [2.45, 2.75) is 46.0 Å². The zero-order chi connectivity index (χ0) is 16.2. The topological polar surface area (TPSA) is 60.2 Å². The summed E-state index contributed by atoms with van der Waals surface area (Å²) in [6, 6.07) is 4.15. The quantitative estimate of drug-likeness (QED) is 0.913. The smallest absolute Gasteiger partial charge is 0.231 e. The Hall–Kier alpha value is -1.88. The first-order valence-electron chi connectivity index (χ1n) is 8.47. The van der Waals surface area contributed by atoms with Crippen LogP contribution in [0.2, 0.25) is 0 Å². The van der Waals surface area contributed by atoms with Gasteiger partial charge in [0, 0.05) is 12.1 Å². The van der Waals surface area contributed by atoms with Gasteiger partial charge < -0.3 is 14.6 Å². The summed E-state index contributed by atoms with van der Waals surface area (Å²) in [5.74, 6) is 2.71. The van der Waals surface area contributed by atoms with Crippen molar-refractivity contribution in [3.8, 4) is 17.1 Å². The second kappa shape index (κ2) is 7.13. The Morgan fingerprint density at radius 2 is 2.09 bits per heavy atom. The maximum atomic E-state index is 5.84. The molecule has 5 nitrogen and oxygen atoms in total. The number of benzene rings is 1. The third-order valence-electron chi connectivity index (χ3n) is 4.26. The molecule has 1 aromatic heterocycles. The molecule has 1 fully saturated rings. The van der Waals surface area contributed by atoms with E-state index in [1.165, 1.54) is 0 Å². The normalized spacial score (nSPS) is 18.1. The third kappa shape index (κ3) is 3.55. The first-order valence-corrected chi connectivity index (χ1v) is 8.47. The number of piperidine rings is 1. The largest absolute Gasteiger partial charge is 0.493 e. The van der Waals surface area contributed by atoms with Crippen LogP contribution in [0, 0.1) is 13.8 Å². The molecule has 0 spiro atoms. The number of hydrogen-bond acceptors (Lipinski definition) is 5. The van der Waals surface area contributed by atoms with E-state index >= 15 is 0 Å². The molecule has 1 atom stereocenters. The van der Waals surface area contributed by atoms with Crippen LogP contribution in [0.3, 0.4) is 0 Å². The minimum Gasteiger partial charge on any atom is -0.493 e. The van der Waals surface area contributed by atoms with Gasteiger partial charge in [-0.2, -0.15) is 4.98 Å². The number of aryl methyl sites for hydroxylation is 2. The monoisotopic (exact) mass is 315 g/mol. The summed E-state index contributed by atoms with van der Waals surface area (Å²) >= 11 is 0. The molecular weight excluding hydrogens is 290 g/mol. The van der Waals surface area contributed by atoms with Crippen LogP contribution in [0.5, 0.6) is 5.75 Å². The number of nitrogens with one attached hydrogen (secondary N) is 1. The molecular formula is C18H25N3O2. The van der Waals surface area contributed by atoms with Gasteiger partial charge in [0.05, 0.1) is 12.5 Å². The molecule has 1 aromatic carbocycles. The van der Waals surface area contributed by atoms with Crippen molar-refractivity contribution in [1.82, 2.24) is 15.5 Å². The van der Waals surface area contributed by atoms with Crippen molar-refractivity contribution in [2.24, 2.45) is 0 Å². The van der Waals surface area contributed by atoms with Crippen molar-refractivity contribution in [2.75, 3.05) is 19.7 Å². The summed E-state index contributed by atoms with van der Waals surface area (Å²) in [5, 5.41) is 7.56. The van der Waals surface area contributed by atoms with Gasteiger partial charge in [-0.05, 0) is 62.9 Å². The van der Waals surface area contributed by atoms with Crippen molar-refractivity contribution < 1.29 is 9.26 Å². The van der Waals surface area contributed by atoms with Crippen LogP contribution in [0.25, 0.3) is 11.4 Å². The highest BCUT2D eigenvalue weighted by Gasteiger charge is 2.22. The second-order valence-electron chi connectivity index (χ2n) is 6.29. The van der Waals surface area contributed by atoms with Crippen molar-refractivity contribution in [1.29, 1.82) is 0 Å². The average molecular weight is 315 g/mol. The average Bonchev–Trinajstić information content (AvgIpc) is 3.05. The van der Waals surface area contributed by atoms with Crippen LogP contribution in [0.15, 0.2) is 16.7 Å². The van der Waals surface area contributed by atoms with Gasteiger partial charge in [0.15, 0.2) is 0 Å². The highest BCUT2D eigenvalue weighted by Crippen LogP contribution is 2.30. The molecule has 1 aliphatic rings. The van der Waals surface area contributed by atoms with E-state index < -0.39 is 0 Å². The van der Waals surface area contributed by atoms with Crippen molar-refractivity contribution in [3.63, 3.8) is 0 Å². The lowest BCUT2D eigenvalue weighted by Gasteiger charge is -2.18. The number of nitrogens with zero attached hydrogens (tertiary/aromatic N) is 2. The van der Waals surface area contributed by atoms with E-state index in [-0.39, 0.29) is 0 Å². The first kappa shape index (κ1) is 16.0. The van der Waals surface area contributed by atoms with Gasteiger partial charge in [-0.3, -0.25) is 0 Å². The van der Waals surface area contributed by atoms with Gasteiger partial charge in [0.25, 0.3) is 0 Å². The van der Waals surface area contributed by atoms with Crippen LogP contribution in [0.1, 0.15) is 49.1 Å². The Kier molecular flexibility index (Phi) is 4.96. The molecule has 0 bridgehead atoms. The van der Waals surface area contributed by atoms with E-state index in [1.54, 1.807) is 0 Å². The van der Waals surface area contributed by atoms with E-state index in [9.17, 15) is 0 Å². The lowest BCUT2D eigenvalue weighted by Crippen LogP contribution is -2.28. The summed E-state index contributed by atoms with van der Waals surface area (Å²) < 4.78 is 11.3. The van der Waals surface area contributed by atoms with Gasteiger partial charge in [0.2, 0.25) is 11.7 Å². The molecule has 2 aromatic rings. The van der Waals surface area contributed by atoms with E-state index in [0.717, 1.165) is 67.3 Å². The molecule has 23 heavy (non-hydrogen) atoms. The number of ether oxygens (including phenoxy) is 1. The van der Waals surface area contributed by atoms with Crippen LogP contribution in [-0.2, 0) is 0 Å². The molecule has 124 valence electrons. The summed E-state index contributed by atoms with van der Waals surface area (Å²) in [6.45, 7) is 8.97. The Labute approximate surface area is 137 Å².